The number of aliphatic imine (C=N–C) groups is 1. The molecular formula is C20H15ClN2Se. The fourth-order valence-electron chi connectivity index (χ4n) is 2.79. The SMILES string of the molecule is CN1c2ccccc2N=C([Se]c2ccccc2)c2cc(Cl)ccc21. The van der Waals surface area contributed by atoms with E-state index in [2.05, 4.69) is 54.4 Å². The van der Waals surface area contributed by atoms with E-state index in [0.717, 1.165) is 32.3 Å². The summed E-state index contributed by atoms with van der Waals surface area (Å²) in [4.78, 5) is 7.20. The molecule has 0 saturated heterocycles. The van der Waals surface area contributed by atoms with E-state index >= 15 is 0 Å². The molecule has 118 valence electrons. The average Bonchev–Trinajstić information content (AvgIpc) is 2.72. The van der Waals surface area contributed by atoms with Gasteiger partial charge in [-0.3, -0.25) is 0 Å². The molecule has 24 heavy (non-hydrogen) atoms. The number of halogens is 1. The van der Waals surface area contributed by atoms with Gasteiger partial charge in [-0.1, -0.05) is 0 Å². The zero-order valence-corrected chi connectivity index (χ0v) is 15.6. The molecular weight excluding hydrogens is 383 g/mol. The number of nitrogens with zero attached hydrogens (tertiary/aromatic N) is 2. The Morgan fingerprint density at radius 3 is 2.46 bits per heavy atom. The van der Waals surface area contributed by atoms with Gasteiger partial charge >= 0.3 is 153 Å². The van der Waals surface area contributed by atoms with Gasteiger partial charge in [0, 0.05) is 0 Å². The van der Waals surface area contributed by atoms with Crippen LogP contribution in [0.1, 0.15) is 5.56 Å². The molecule has 4 rings (SSSR count). The normalized spacial score (nSPS) is 12.9. The van der Waals surface area contributed by atoms with Crippen LogP contribution in [0.2, 0.25) is 5.02 Å². The third-order valence-corrected chi connectivity index (χ3v) is 6.33. The molecule has 0 aliphatic carbocycles. The van der Waals surface area contributed by atoms with Crippen molar-refractivity contribution in [2.24, 2.45) is 4.99 Å². The van der Waals surface area contributed by atoms with Crippen LogP contribution in [0, 0.1) is 0 Å². The van der Waals surface area contributed by atoms with E-state index < -0.39 is 0 Å². The van der Waals surface area contributed by atoms with Crippen molar-refractivity contribution in [1.82, 2.24) is 0 Å². The number of rotatable bonds is 2. The Balaban J connectivity index is 1.91. The number of hydrogen-bond donors (Lipinski definition) is 0. The predicted octanol–water partition coefficient (Wildman–Crippen LogP) is 4.53. The van der Waals surface area contributed by atoms with Crippen molar-refractivity contribution in [1.29, 1.82) is 0 Å². The Kier molecular flexibility index (Phi) is 4.15. The second-order valence-electron chi connectivity index (χ2n) is 5.54. The molecule has 0 atom stereocenters. The van der Waals surface area contributed by atoms with Gasteiger partial charge in [-0.05, 0) is 0 Å². The first-order valence-corrected chi connectivity index (χ1v) is 9.76. The van der Waals surface area contributed by atoms with Crippen molar-refractivity contribution in [2.45, 2.75) is 0 Å². The van der Waals surface area contributed by atoms with E-state index in [1.54, 1.807) is 0 Å². The maximum atomic E-state index is 6.29. The summed E-state index contributed by atoms with van der Waals surface area (Å²) >= 11 is 6.40. The third kappa shape index (κ3) is 2.87. The number of para-hydroxylation sites is 2. The van der Waals surface area contributed by atoms with E-state index in [4.69, 9.17) is 16.6 Å². The van der Waals surface area contributed by atoms with Gasteiger partial charge in [0.2, 0.25) is 0 Å². The summed E-state index contributed by atoms with van der Waals surface area (Å²) in [7, 11) is 2.08. The van der Waals surface area contributed by atoms with E-state index in [9.17, 15) is 0 Å². The first kappa shape index (κ1) is 15.5. The van der Waals surface area contributed by atoms with Gasteiger partial charge in [-0.15, -0.1) is 0 Å². The average molecular weight is 398 g/mol. The van der Waals surface area contributed by atoms with Crippen molar-refractivity contribution in [3.63, 3.8) is 0 Å². The van der Waals surface area contributed by atoms with E-state index in [-0.39, 0.29) is 15.0 Å². The van der Waals surface area contributed by atoms with Crippen LogP contribution in [0.4, 0.5) is 17.1 Å². The summed E-state index contributed by atoms with van der Waals surface area (Å²) in [5.41, 5.74) is 4.37. The van der Waals surface area contributed by atoms with Crippen molar-refractivity contribution < 1.29 is 0 Å². The molecule has 0 unspecified atom stereocenters. The molecule has 0 spiro atoms. The van der Waals surface area contributed by atoms with Crippen LogP contribution >= 0.6 is 11.6 Å². The summed E-state index contributed by atoms with van der Waals surface area (Å²) in [6, 6.07) is 24.8. The van der Waals surface area contributed by atoms with Gasteiger partial charge in [0.25, 0.3) is 0 Å². The summed E-state index contributed by atoms with van der Waals surface area (Å²) < 4.78 is 2.40. The van der Waals surface area contributed by atoms with Gasteiger partial charge in [-0.2, -0.15) is 0 Å². The van der Waals surface area contributed by atoms with Crippen molar-refractivity contribution in [3.05, 3.63) is 83.4 Å². The first-order chi connectivity index (χ1) is 11.7. The minimum atomic E-state index is 0.110. The summed E-state index contributed by atoms with van der Waals surface area (Å²) in [6.45, 7) is 0. The number of benzene rings is 3. The summed E-state index contributed by atoms with van der Waals surface area (Å²) in [6.07, 6.45) is 0. The topological polar surface area (TPSA) is 15.6 Å². The zero-order chi connectivity index (χ0) is 16.5. The molecule has 1 aliphatic heterocycles. The number of fused-ring (bicyclic) bond motifs is 2. The fraction of sp³-hybridized carbons (Fsp3) is 0.0500. The van der Waals surface area contributed by atoms with Crippen LogP contribution < -0.4 is 9.36 Å². The summed E-state index contributed by atoms with van der Waals surface area (Å²) in [5.74, 6) is 0. The van der Waals surface area contributed by atoms with Crippen LogP contribution in [-0.2, 0) is 0 Å². The Hall–Kier alpha value is -2.06. The Morgan fingerprint density at radius 2 is 1.62 bits per heavy atom. The molecule has 0 fully saturated rings. The van der Waals surface area contributed by atoms with E-state index in [1.165, 1.54) is 4.46 Å². The van der Waals surface area contributed by atoms with Gasteiger partial charge in [0.1, 0.15) is 0 Å². The van der Waals surface area contributed by atoms with Crippen molar-refractivity contribution in [3.8, 4) is 0 Å². The van der Waals surface area contributed by atoms with Crippen LogP contribution in [-0.4, -0.2) is 26.6 Å². The molecule has 0 radical (unpaired) electrons. The predicted molar refractivity (Wildman–Crippen MR) is 104 cm³/mol. The van der Waals surface area contributed by atoms with Gasteiger partial charge in [-0.25, -0.2) is 0 Å². The molecule has 0 N–H and O–H groups in total. The standard InChI is InChI=1S/C20H15ClN2Se/c1-23-18-12-11-14(21)13-16(18)20(24-15-7-3-2-4-8-15)22-17-9-5-6-10-19(17)23/h2-13H,1H3. The second-order valence-corrected chi connectivity index (χ2v) is 8.21. The van der Waals surface area contributed by atoms with Crippen molar-refractivity contribution in [2.75, 3.05) is 11.9 Å². The van der Waals surface area contributed by atoms with Crippen molar-refractivity contribution >= 4 is 52.7 Å². The van der Waals surface area contributed by atoms with Crippen LogP contribution in [0.5, 0.6) is 0 Å². The zero-order valence-electron chi connectivity index (χ0n) is 13.1. The molecule has 0 bridgehead atoms. The molecule has 1 heterocycles. The second kappa shape index (κ2) is 6.45. The van der Waals surface area contributed by atoms with E-state index in [1.807, 2.05) is 30.3 Å². The number of anilines is 2. The first-order valence-electron chi connectivity index (χ1n) is 7.66. The molecule has 0 saturated carbocycles. The van der Waals surface area contributed by atoms with Gasteiger partial charge in [0.05, 0.1) is 0 Å². The Labute approximate surface area is 153 Å². The molecule has 3 aromatic rings. The van der Waals surface area contributed by atoms with Gasteiger partial charge in [0.15, 0.2) is 0 Å². The van der Waals surface area contributed by atoms with Crippen LogP contribution in [0.25, 0.3) is 0 Å². The third-order valence-electron chi connectivity index (χ3n) is 3.97. The molecule has 3 aromatic carbocycles. The van der Waals surface area contributed by atoms with Crippen LogP contribution in [0.3, 0.4) is 0 Å². The maximum absolute atomic E-state index is 6.29. The molecule has 4 heteroatoms. The fourth-order valence-corrected chi connectivity index (χ4v) is 4.92. The molecule has 0 amide bonds. The molecule has 0 aromatic heterocycles. The monoisotopic (exact) mass is 398 g/mol. The molecule has 2 nitrogen and oxygen atoms in total. The molecule has 1 aliphatic rings. The summed E-state index contributed by atoms with van der Waals surface area (Å²) in [5, 5.41) is 0.740. The Morgan fingerprint density at radius 1 is 0.875 bits per heavy atom. The Bertz CT molecular complexity index is 922. The quantitative estimate of drug-likeness (QED) is 0.580. The van der Waals surface area contributed by atoms with E-state index in [0.29, 0.717) is 0 Å². The number of hydrogen-bond acceptors (Lipinski definition) is 2. The van der Waals surface area contributed by atoms with Crippen LogP contribution in [0.15, 0.2) is 77.8 Å². The van der Waals surface area contributed by atoms with Gasteiger partial charge < -0.3 is 0 Å². The minimum absolute atomic E-state index is 0.110.